The van der Waals surface area contributed by atoms with Crippen molar-refractivity contribution in [3.63, 3.8) is 0 Å². The molecule has 1 fully saturated rings. The molecule has 1 aromatic rings. The molecular weight excluding hydrogens is 286 g/mol. The van der Waals surface area contributed by atoms with Gasteiger partial charge in [-0.3, -0.25) is 4.79 Å². The van der Waals surface area contributed by atoms with Crippen LogP contribution in [0.15, 0.2) is 29.2 Å². The number of sulfonamides is 1. The summed E-state index contributed by atoms with van der Waals surface area (Å²) in [5.41, 5.74) is -0.0276. The van der Waals surface area contributed by atoms with Crippen molar-refractivity contribution < 1.29 is 28.2 Å². The molecule has 0 amide bonds. The minimum atomic E-state index is -3.92. The number of hydrogen-bond donors (Lipinski definition) is 2. The van der Waals surface area contributed by atoms with Gasteiger partial charge in [0.15, 0.2) is 0 Å². The van der Waals surface area contributed by atoms with E-state index in [-0.39, 0.29) is 23.4 Å². The summed E-state index contributed by atoms with van der Waals surface area (Å²) in [5, 5.41) is 17.8. The van der Waals surface area contributed by atoms with Crippen LogP contribution in [0, 0.1) is 0 Å². The number of nitrogens with zero attached hydrogens (tertiary/aromatic N) is 1. The summed E-state index contributed by atoms with van der Waals surface area (Å²) in [4.78, 5) is 21.7. The third-order valence-corrected chi connectivity index (χ3v) is 5.12. The molecule has 0 saturated carbocycles. The molecule has 1 saturated heterocycles. The maximum atomic E-state index is 12.3. The number of hydrogen-bond acceptors (Lipinski definition) is 4. The van der Waals surface area contributed by atoms with Gasteiger partial charge in [-0.25, -0.2) is 13.2 Å². The Morgan fingerprint density at radius 3 is 2.25 bits per heavy atom. The number of aromatic carboxylic acids is 1. The van der Waals surface area contributed by atoms with Gasteiger partial charge < -0.3 is 10.2 Å². The number of carboxylic acid groups (broad SMARTS) is 2. The van der Waals surface area contributed by atoms with Crippen molar-refractivity contribution in [1.82, 2.24) is 4.31 Å². The molecule has 0 spiro atoms. The van der Waals surface area contributed by atoms with Crippen LogP contribution in [0.25, 0.3) is 0 Å². The van der Waals surface area contributed by atoms with Gasteiger partial charge in [-0.1, -0.05) is 0 Å². The molecule has 8 heteroatoms. The fraction of sp³-hybridized carbons (Fsp3) is 0.333. The first-order chi connectivity index (χ1) is 9.34. The van der Waals surface area contributed by atoms with Crippen LogP contribution in [0.3, 0.4) is 0 Å². The molecule has 1 aliphatic rings. The van der Waals surface area contributed by atoms with Gasteiger partial charge >= 0.3 is 11.9 Å². The maximum Gasteiger partial charge on any atom is 0.335 e. The van der Waals surface area contributed by atoms with Crippen LogP contribution >= 0.6 is 0 Å². The second kappa shape index (κ2) is 5.22. The molecule has 1 heterocycles. The molecule has 1 atom stereocenters. The zero-order chi connectivity index (χ0) is 14.9. The third kappa shape index (κ3) is 2.52. The van der Waals surface area contributed by atoms with E-state index >= 15 is 0 Å². The number of benzene rings is 1. The highest BCUT2D eigenvalue weighted by Gasteiger charge is 2.39. The average Bonchev–Trinajstić information content (AvgIpc) is 2.89. The predicted octanol–water partition coefficient (Wildman–Crippen LogP) is 0.622. The van der Waals surface area contributed by atoms with Crippen molar-refractivity contribution in [3.8, 4) is 0 Å². The molecule has 0 unspecified atom stereocenters. The Bertz CT molecular complexity index is 636. The normalized spacial score (nSPS) is 19.9. The van der Waals surface area contributed by atoms with Gasteiger partial charge in [0.25, 0.3) is 0 Å². The molecule has 20 heavy (non-hydrogen) atoms. The smallest absolute Gasteiger partial charge is 0.335 e. The quantitative estimate of drug-likeness (QED) is 0.843. The summed E-state index contributed by atoms with van der Waals surface area (Å²) in [6.07, 6.45) is 0.769. The fourth-order valence-corrected chi connectivity index (χ4v) is 3.83. The molecule has 1 aromatic carbocycles. The second-order valence-electron chi connectivity index (χ2n) is 4.44. The first-order valence-corrected chi connectivity index (χ1v) is 7.36. The van der Waals surface area contributed by atoms with E-state index in [0.29, 0.717) is 6.42 Å². The lowest BCUT2D eigenvalue weighted by Gasteiger charge is -2.20. The Kier molecular flexibility index (Phi) is 3.78. The van der Waals surface area contributed by atoms with E-state index in [9.17, 15) is 18.0 Å². The molecule has 1 aliphatic heterocycles. The maximum absolute atomic E-state index is 12.3. The summed E-state index contributed by atoms with van der Waals surface area (Å²) < 4.78 is 25.6. The SMILES string of the molecule is O=C(O)c1ccc(S(=O)(=O)N2CCC[C@H]2C(=O)O)cc1. The number of carbonyl (C=O) groups is 2. The van der Waals surface area contributed by atoms with E-state index in [1.54, 1.807) is 0 Å². The Balaban J connectivity index is 2.35. The molecule has 2 N–H and O–H groups in total. The van der Waals surface area contributed by atoms with Crippen molar-refractivity contribution in [1.29, 1.82) is 0 Å². The van der Waals surface area contributed by atoms with Gasteiger partial charge in [-0.15, -0.1) is 0 Å². The topological polar surface area (TPSA) is 112 Å². The van der Waals surface area contributed by atoms with Crippen molar-refractivity contribution in [2.75, 3.05) is 6.54 Å². The predicted molar refractivity (Wildman–Crippen MR) is 68.0 cm³/mol. The van der Waals surface area contributed by atoms with Crippen molar-refractivity contribution in [2.24, 2.45) is 0 Å². The zero-order valence-electron chi connectivity index (χ0n) is 10.4. The standard InChI is InChI=1S/C12H13NO6S/c14-11(15)8-3-5-9(6-4-8)20(18,19)13-7-1-2-10(13)12(16)17/h3-6,10H,1-2,7H2,(H,14,15)(H,16,17)/t10-/m0/s1. The highest BCUT2D eigenvalue weighted by Crippen LogP contribution is 2.26. The lowest BCUT2D eigenvalue weighted by Crippen LogP contribution is -2.40. The highest BCUT2D eigenvalue weighted by molar-refractivity contribution is 7.89. The Labute approximate surface area is 115 Å². The largest absolute Gasteiger partial charge is 0.480 e. The summed E-state index contributed by atoms with van der Waals surface area (Å²) >= 11 is 0. The Morgan fingerprint density at radius 2 is 1.75 bits per heavy atom. The summed E-state index contributed by atoms with van der Waals surface area (Å²) in [5.74, 6) is -2.33. The van der Waals surface area contributed by atoms with E-state index in [4.69, 9.17) is 10.2 Å². The minimum Gasteiger partial charge on any atom is -0.480 e. The van der Waals surface area contributed by atoms with Gasteiger partial charge in [-0.2, -0.15) is 4.31 Å². The average molecular weight is 299 g/mol. The summed E-state index contributed by atoms with van der Waals surface area (Å²) in [7, 11) is -3.92. The van der Waals surface area contributed by atoms with Crippen LogP contribution in [0.1, 0.15) is 23.2 Å². The van der Waals surface area contributed by atoms with Crippen LogP contribution in [-0.2, 0) is 14.8 Å². The summed E-state index contributed by atoms with van der Waals surface area (Å²) in [6, 6.07) is 3.66. The monoisotopic (exact) mass is 299 g/mol. The molecule has 0 bridgehead atoms. The Hall–Kier alpha value is -1.93. The van der Waals surface area contributed by atoms with Gasteiger partial charge in [0.1, 0.15) is 6.04 Å². The van der Waals surface area contributed by atoms with Crippen LogP contribution in [0.2, 0.25) is 0 Å². The lowest BCUT2D eigenvalue weighted by molar-refractivity contribution is -0.140. The van der Waals surface area contributed by atoms with Gasteiger partial charge in [0.05, 0.1) is 10.5 Å². The first-order valence-electron chi connectivity index (χ1n) is 5.92. The highest BCUT2D eigenvalue weighted by atomic mass is 32.2. The van der Waals surface area contributed by atoms with Gasteiger partial charge in [0, 0.05) is 6.54 Å². The lowest BCUT2D eigenvalue weighted by atomic mass is 10.2. The molecule has 108 valence electrons. The molecule has 0 aliphatic carbocycles. The molecular formula is C12H13NO6S. The Morgan fingerprint density at radius 1 is 1.15 bits per heavy atom. The van der Waals surface area contributed by atoms with Crippen LogP contribution < -0.4 is 0 Å². The van der Waals surface area contributed by atoms with E-state index in [0.717, 1.165) is 4.31 Å². The van der Waals surface area contributed by atoms with Crippen molar-refractivity contribution in [2.45, 2.75) is 23.8 Å². The second-order valence-corrected chi connectivity index (χ2v) is 6.33. The van der Waals surface area contributed by atoms with E-state index < -0.39 is 28.0 Å². The summed E-state index contributed by atoms with van der Waals surface area (Å²) in [6.45, 7) is 0.153. The number of aliphatic carboxylic acids is 1. The molecule has 0 aromatic heterocycles. The van der Waals surface area contributed by atoms with E-state index in [1.807, 2.05) is 0 Å². The molecule has 0 radical (unpaired) electrons. The van der Waals surface area contributed by atoms with Crippen molar-refractivity contribution in [3.05, 3.63) is 29.8 Å². The minimum absolute atomic E-state index is 0.0276. The van der Waals surface area contributed by atoms with Crippen LogP contribution in [-0.4, -0.2) is 47.5 Å². The van der Waals surface area contributed by atoms with E-state index in [2.05, 4.69) is 0 Å². The number of rotatable bonds is 4. The first kappa shape index (κ1) is 14.5. The van der Waals surface area contributed by atoms with Crippen molar-refractivity contribution >= 4 is 22.0 Å². The molecule has 7 nitrogen and oxygen atoms in total. The third-order valence-electron chi connectivity index (χ3n) is 3.20. The van der Waals surface area contributed by atoms with E-state index in [1.165, 1.54) is 24.3 Å². The molecule has 2 rings (SSSR count). The van der Waals surface area contributed by atoms with Crippen LogP contribution in [0.5, 0.6) is 0 Å². The number of carboxylic acids is 2. The van der Waals surface area contributed by atoms with Crippen LogP contribution in [0.4, 0.5) is 0 Å². The fourth-order valence-electron chi connectivity index (χ4n) is 2.18. The van der Waals surface area contributed by atoms with Gasteiger partial charge in [0.2, 0.25) is 10.0 Å². The zero-order valence-corrected chi connectivity index (χ0v) is 11.2. The van der Waals surface area contributed by atoms with Gasteiger partial charge in [-0.05, 0) is 37.1 Å².